The van der Waals surface area contributed by atoms with Gasteiger partial charge < -0.3 is 4.90 Å². The lowest BCUT2D eigenvalue weighted by atomic mass is 10.1. The van der Waals surface area contributed by atoms with E-state index < -0.39 is 0 Å². The fourth-order valence-electron chi connectivity index (χ4n) is 2.93. The molecule has 4 nitrogen and oxygen atoms in total. The van der Waals surface area contributed by atoms with Gasteiger partial charge in [0.2, 0.25) is 5.91 Å². The molecule has 6 heteroatoms. The van der Waals surface area contributed by atoms with Crippen LogP contribution in [0.1, 0.15) is 17.7 Å². The molecule has 0 bridgehead atoms. The molecule has 1 amide bonds. The van der Waals surface area contributed by atoms with Crippen molar-refractivity contribution in [2.75, 3.05) is 12.3 Å². The summed E-state index contributed by atoms with van der Waals surface area (Å²) in [5, 5.41) is 3.97. The van der Waals surface area contributed by atoms with Gasteiger partial charge in [0.1, 0.15) is 5.01 Å². The van der Waals surface area contributed by atoms with E-state index in [1.807, 2.05) is 52.9 Å². The van der Waals surface area contributed by atoms with Gasteiger partial charge in [0, 0.05) is 42.1 Å². The first-order valence-corrected chi connectivity index (χ1v) is 10.7. The highest BCUT2D eigenvalue weighted by molar-refractivity contribution is 8.03. The Morgan fingerprint density at radius 3 is 2.89 bits per heavy atom. The van der Waals surface area contributed by atoms with E-state index in [4.69, 9.17) is 0 Å². The van der Waals surface area contributed by atoms with Gasteiger partial charge in [-0.25, -0.2) is 4.98 Å². The van der Waals surface area contributed by atoms with Crippen molar-refractivity contribution in [3.8, 4) is 10.6 Å². The number of hydrogen-bond acceptors (Lipinski definition) is 5. The highest BCUT2D eigenvalue weighted by atomic mass is 32.2. The smallest absolute Gasteiger partial charge is 0.227 e. The summed E-state index contributed by atoms with van der Waals surface area (Å²) < 4.78 is 0. The highest BCUT2D eigenvalue weighted by Crippen LogP contribution is 2.32. The van der Waals surface area contributed by atoms with Crippen molar-refractivity contribution in [2.45, 2.75) is 12.8 Å². The summed E-state index contributed by atoms with van der Waals surface area (Å²) in [4.78, 5) is 23.4. The molecule has 0 atom stereocenters. The van der Waals surface area contributed by atoms with Crippen molar-refractivity contribution in [2.24, 2.45) is 0 Å². The van der Waals surface area contributed by atoms with Crippen molar-refractivity contribution in [1.82, 2.24) is 14.9 Å². The number of aryl methyl sites for hydroxylation is 1. The molecule has 0 spiro atoms. The fourth-order valence-corrected chi connectivity index (χ4v) is 4.73. The quantitative estimate of drug-likeness (QED) is 0.630. The van der Waals surface area contributed by atoms with Crippen LogP contribution in [0.4, 0.5) is 0 Å². The maximum absolute atomic E-state index is 12.7. The van der Waals surface area contributed by atoms with Gasteiger partial charge in [-0.3, -0.25) is 9.78 Å². The molecule has 0 aliphatic carbocycles. The normalized spacial score (nSPS) is 15.4. The van der Waals surface area contributed by atoms with E-state index in [0.717, 1.165) is 40.0 Å². The van der Waals surface area contributed by atoms with Gasteiger partial charge in [-0.05, 0) is 30.2 Å². The molecule has 27 heavy (non-hydrogen) atoms. The average Bonchev–Trinajstić information content (AvgIpc) is 3.38. The Hall–Kier alpha value is -2.44. The highest BCUT2D eigenvalue weighted by Gasteiger charge is 2.24. The van der Waals surface area contributed by atoms with Gasteiger partial charge >= 0.3 is 0 Å². The van der Waals surface area contributed by atoms with Crippen LogP contribution in [0.15, 0.2) is 65.3 Å². The molecule has 1 aliphatic heterocycles. The van der Waals surface area contributed by atoms with Crippen LogP contribution in [0, 0.1) is 0 Å². The van der Waals surface area contributed by atoms with E-state index in [1.54, 1.807) is 29.3 Å². The summed E-state index contributed by atoms with van der Waals surface area (Å²) in [5.74, 6) is 1.11. The number of rotatable bonds is 5. The molecule has 1 aliphatic rings. The van der Waals surface area contributed by atoms with Gasteiger partial charge in [-0.1, -0.05) is 30.3 Å². The van der Waals surface area contributed by atoms with E-state index in [9.17, 15) is 4.79 Å². The second-order valence-corrected chi connectivity index (χ2v) is 8.15. The van der Waals surface area contributed by atoms with E-state index in [1.165, 1.54) is 5.56 Å². The van der Waals surface area contributed by atoms with Gasteiger partial charge in [-0.15, -0.1) is 23.1 Å². The summed E-state index contributed by atoms with van der Waals surface area (Å²) in [6, 6.07) is 14.1. The van der Waals surface area contributed by atoms with E-state index in [0.29, 0.717) is 6.42 Å². The number of aromatic nitrogens is 2. The predicted octanol–water partition coefficient (Wildman–Crippen LogP) is 4.71. The first-order valence-electron chi connectivity index (χ1n) is 8.84. The number of carbonyl (C=O) groups excluding carboxylic acids is 1. The van der Waals surface area contributed by atoms with Crippen molar-refractivity contribution < 1.29 is 4.79 Å². The van der Waals surface area contributed by atoms with Crippen LogP contribution in [0.5, 0.6) is 0 Å². The van der Waals surface area contributed by atoms with Crippen LogP contribution in [0.25, 0.3) is 16.6 Å². The number of amides is 1. The van der Waals surface area contributed by atoms with Crippen molar-refractivity contribution in [1.29, 1.82) is 0 Å². The van der Waals surface area contributed by atoms with Crippen molar-refractivity contribution >= 4 is 35.1 Å². The Bertz CT molecular complexity index is 938. The lowest BCUT2D eigenvalue weighted by Gasteiger charge is -2.16. The molecule has 3 aromatic rings. The van der Waals surface area contributed by atoms with Gasteiger partial charge in [-0.2, -0.15) is 0 Å². The first-order chi connectivity index (χ1) is 13.3. The zero-order valence-corrected chi connectivity index (χ0v) is 16.4. The number of carbonyl (C=O) groups is 1. The Morgan fingerprint density at radius 1 is 1.19 bits per heavy atom. The maximum Gasteiger partial charge on any atom is 0.227 e. The summed E-state index contributed by atoms with van der Waals surface area (Å²) >= 11 is 3.31. The molecular formula is C21H19N3OS2. The van der Waals surface area contributed by atoms with Crippen LogP contribution in [-0.4, -0.2) is 33.1 Å². The van der Waals surface area contributed by atoms with Crippen molar-refractivity contribution in [3.05, 3.63) is 76.5 Å². The molecule has 1 saturated heterocycles. The molecule has 2 aromatic heterocycles. The van der Waals surface area contributed by atoms with Gasteiger partial charge in [0.15, 0.2) is 0 Å². The van der Waals surface area contributed by atoms with Crippen molar-refractivity contribution in [3.63, 3.8) is 0 Å². The minimum atomic E-state index is 0.179. The van der Waals surface area contributed by atoms with Crippen LogP contribution in [0.3, 0.4) is 0 Å². The zero-order chi connectivity index (χ0) is 18.5. The lowest BCUT2D eigenvalue weighted by Crippen LogP contribution is -2.26. The van der Waals surface area contributed by atoms with Gasteiger partial charge in [0.05, 0.1) is 10.7 Å². The summed E-state index contributed by atoms with van der Waals surface area (Å²) in [7, 11) is 0. The molecular weight excluding hydrogens is 374 g/mol. The number of pyridine rings is 1. The van der Waals surface area contributed by atoms with E-state index in [2.05, 4.69) is 22.1 Å². The second kappa shape index (κ2) is 8.50. The molecule has 136 valence electrons. The van der Waals surface area contributed by atoms with Crippen LogP contribution in [0.2, 0.25) is 0 Å². The monoisotopic (exact) mass is 393 g/mol. The Kier molecular flexibility index (Phi) is 5.65. The van der Waals surface area contributed by atoms with E-state index in [-0.39, 0.29) is 5.91 Å². The van der Waals surface area contributed by atoms with E-state index >= 15 is 0 Å². The number of hydrogen-bond donors (Lipinski definition) is 0. The fraction of sp³-hybridized carbons (Fsp3) is 0.190. The van der Waals surface area contributed by atoms with Crippen LogP contribution >= 0.6 is 23.1 Å². The standard InChI is InChI=1S/C21H19N3OS2/c25-19(9-8-16-5-2-1-3-6-16)24-11-12-26-20(24)13-18-15-27-21(23-18)17-7-4-10-22-14-17/h1-7,10,13-15H,8-9,11-12H2/b20-13+. The number of benzene rings is 1. The minimum Gasteiger partial charge on any atom is -0.306 e. The number of thioether (sulfide) groups is 1. The molecule has 1 aromatic carbocycles. The Balaban J connectivity index is 1.45. The third-order valence-corrected chi connectivity index (χ3v) is 6.23. The zero-order valence-electron chi connectivity index (χ0n) is 14.7. The largest absolute Gasteiger partial charge is 0.306 e. The number of nitrogens with zero attached hydrogens (tertiary/aromatic N) is 3. The predicted molar refractivity (Wildman–Crippen MR) is 112 cm³/mol. The topological polar surface area (TPSA) is 46.1 Å². The molecule has 3 heterocycles. The molecule has 0 radical (unpaired) electrons. The lowest BCUT2D eigenvalue weighted by molar-refractivity contribution is -0.128. The van der Waals surface area contributed by atoms with Crippen LogP contribution in [-0.2, 0) is 11.2 Å². The first kappa shape index (κ1) is 17.9. The molecule has 0 saturated carbocycles. The Morgan fingerprint density at radius 2 is 2.07 bits per heavy atom. The van der Waals surface area contributed by atoms with Crippen LogP contribution < -0.4 is 0 Å². The second-order valence-electron chi connectivity index (χ2n) is 6.18. The maximum atomic E-state index is 12.7. The SMILES string of the molecule is O=C(CCc1ccccc1)N1CCS/C1=C/c1csc(-c2cccnc2)n1. The van der Waals surface area contributed by atoms with Gasteiger partial charge in [0.25, 0.3) is 0 Å². The minimum absolute atomic E-state index is 0.179. The third-order valence-electron chi connectivity index (χ3n) is 4.30. The molecule has 0 unspecified atom stereocenters. The summed E-state index contributed by atoms with van der Waals surface area (Å²) in [6.45, 7) is 0.768. The molecule has 4 rings (SSSR count). The summed E-state index contributed by atoms with van der Waals surface area (Å²) in [6.07, 6.45) is 6.90. The average molecular weight is 394 g/mol. The molecule has 0 N–H and O–H groups in total. The molecule has 1 fully saturated rings. The Labute approximate surface area is 167 Å². The third kappa shape index (κ3) is 4.46. The number of thiazole rings is 1. The summed E-state index contributed by atoms with van der Waals surface area (Å²) in [5.41, 5.74) is 3.11.